The van der Waals surface area contributed by atoms with E-state index in [1.807, 2.05) is 33.8 Å². The highest BCUT2D eigenvalue weighted by molar-refractivity contribution is 7.18. The van der Waals surface area contributed by atoms with E-state index in [1.165, 1.54) is 17.7 Å². The maximum Gasteiger partial charge on any atom is 0.266 e. The number of benzene rings is 1. The predicted molar refractivity (Wildman–Crippen MR) is 105 cm³/mol. The third kappa shape index (κ3) is 4.40. The Morgan fingerprint density at radius 3 is 2.59 bits per heavy atom. The Hall–Kier alpha value is -3.00. The third-order valence-corrected chi connectivity index (χ3v) is 4.92. The Balaban J connectivity index is 1.75. The molecule has 0 aliphatic rings. The molecule has 2 N–H and O–H groups in total. The van der Waals surface area contributed by atoms with Gasteiger partial charge in [0.15, 0.2) is 0 Å². The minimum atomic E-state index is -0.504. The van der Waals surface area contributed by atoms with Gasteiger partial charge in [0, 0.05) is 16.7 Å². The molecule has 0 unspecified atom stereocenters. The zero-order valence-corrected chi connectivity index (χ0v) is 16.3. The van der Waals surface area contributed by atoms with E-state index in [-0.39, 0.29) is 11.8 Å². The molecular formula is C19H20N4O3S. The van der Waals surface area contributed by atoms with Crippen LogP contribution in [0.1, 0.15) is 36.0 Å². The van der Waals surface area contributed by atoms with Crippen molar-refractivity contribution in [2.75, 3.05) is 10.6 Å². The molecule has 0 fully saturated rings. The molecule has 3 aromatic rings. The number of nitrogens with one attached hydrogen (secondary N) is 2. The van der Waals surface area contributed by atoms with Gasteiger partial charge >= 0.3 is 0 Å². The summed E-state index contributed by atoms with van der Waals surface area (Å²) in [5.74, 6) is 0.0463. The predicted octanol–water partition coefficient (Wildman–Crippen LogP) is 4.34. The van der Waals surface area contributed by atoms with Crippen molar-refractivity contribution in [2.24, 2.45) is 5.41 Å². The number of thiophene rings is 1. The fourth-order valence-electron chi connectivity index (χ4n) is 2.29. The van der Waals surface area contributed by atoms with Gasteiger partial charge in [-0.25, -0.2) is 0 Å². The highest BCUT2D eigenvalue weighted by Crippen LogP contribution is 2.29. The average molecular weight is 384 g/mol. The number of hydrogen-bond acceptors (Lipinski definition) is 6. The molecule has 1 aromatic carbocycles. The smallest absolute Gasteiger partial charge is 0.266 e. The molecule has 27 heavy (non-hydrogen) atoms. The Labute approximate surface area is 160 Å². The van der Waals surface area contributed by atoms with Crippen molar-refractivity contribution in [1.29, 1.82) is 0 Å². The number of rotatable bonds is 4. The molecule has 0 spiro atoms. The maximum atomic E-state index is 12.7. The molecule has 0 saturated heterocycles. The number of aryl methyl sites for hydroxylation is 1. The topological polar surface area (TPSA) is 97.1 Å². The van der Waals surface area contributed by atoms with Crippen LogP contribution in [0.4, 0.5) is 10.7 Å². The largest absolute Gasteiger partial charge is 0.423 e. The molecule has 0 atom stereocenters. The second kappa shape index (κ2) is 7.32. The van der Waals surface area contributed by atoms with E-state index in [0.29, 0.717) is 27.0 Å². The summed E-state index contributed by atoms with van der Waals surface area (Å²) < 4.78 is 5.18. The normalized spacial score (nSPS) is 11.3. The van der Waals surface area contributed by atoms with Crippen LogP contribution < -0.4 is 10.6 Å². The van der Waals surface area contributed by atoms with Crippen LogP contribution in [0.3, 0.4) is 0 Å². The summed E-state index contributed by atoms with van der Waals surface area (Å²) in [4.78, 5) is 25.3. The van der Waals surface area contributed by atoms with Gasteiger partial charge in [0.2, 0.25) is 18.2 Å². The van der Waals surface area contributed by atoms with Gasteiger partial charge in [0.25, 0.3) is 5.91 Å². The highest BCUT2D eigenvalue weighted by Gasteiger charge is 2.23. The second-order valence-electron chi connectivity index (χ2n) is 7.11. The molecule has 2 aromatic heterocycles. The summed E-state index contributed by atoms with van der Waals surface area (Å²) in [5, 5.41) is 13.9. The van der Waals surface area contributed by atoms with Gasteiger partial charge < -0.3 is 15.1 Å². The van der Waals surface area contributed by atoms with Crippen LogP contribution in [0.15, 0.2) is 41.1 Å². The van der Waals surface area contributed by atoms with Crippen LogP contribution >= 0.6 is 11.3 Å². The number of carbonyl (C=O) groups excluding carboxylic acids is 2. The molecule has 3 rings (SSSR count). The summed E-state index contributed by atoms with van der Waals surface area (Å²) in [5.41, 5.74) is 1.63. The molecule has 2 heterocycles. The Kier molecular flexibility index (Phi) is 5.09. The van der Waals surface area contributed by atoms with E-state index in [9.17, 15) is 9.59 Å². The summed E-state index contributed by atoms with van der Waals surface area (Å²) in [6, 6.07) is 8.96. The van der Waals surface area contributed by atoms with Crippen LogP contribution in [0.2, 0.25) is 0 Å². The molecule has 0 saturated carbocycles. The fourth-order valence-corrected chi connectivity index (χ4v) is 3.25. The third-order valence-electron chi connectivity index (χ3n) is 3.77. The summed E-state index contributed by atoms with van der Waals surface area (Å²) in [7, 11) is 0. The van der Waals surface area contributed by atoms with Gasteiger partial charge in [-0.05, 0) is 36.8 Å². The SMILES string of the molecule is Cc1cc(NC(=O)C(C)(C)C)sc1C(=O)Nc1cccc(-c2nnco2)c1. The fraction of sp³-hybridized carbons (Fsp3) is 0.263. The number of nitrogens with zero attached hydrogens (tertiary/aromatic N) is 2. The molecule has 0 aliphatic carbocycles. The molecule has 2 amide bonds. The van der Waals surface area contributed by atoms with Gasteiger partial charge in [0.1, 0.15) is 0 Å². The minimum absolute atomic E-state index is 0.0945. The first-order valence-corrected chi connectivity index (χ1v) is 9.15. The lowest BCUT2D eigenvalue weighted by Crippen LogP contribution is -2.27. The van der Waals surface area contributed by atoms with Crippen molar-refractivity contribution in [1.82, 2.24) is 10.2 Å². The monoisotopic (exact) mass is 384 g/mol. The molecule has 140 valence electrons. The average Bonchev–Trinajstić information content (AvgIpc) is 3.24. The molecule has 0 aliphatic heterocycles. The first-order chi connectivity index (χ1) is 12.7. The number of aromatic nitrogens is 2. The van der Waals surface area contributed by atoms with Crippen LogP contribution in [-0.2, 0) is 4.79 Å². The van der Waals surface area contributed by atoms with Crippen molar-refractivity contribution in [2.45, 2.75) is 27.7 Å². The van der Waals surface area contributed by atoms with Crippen molar-refractivity contribution in [3.05, 3.63) is 47.2 Å². The van der Waals surface area contributed by atoms with E-state index < -0.39 is 5.41 Å². The second-order valence-corrected chi connectivity index (χ2v) is 8.16. The van der Waals surface area contributed by atoms with Crippen molar-refractivity contribution in [3.63, 3.8) is 0 Å². The van der Waals surface area contributed by atoms with Gasteiger partial charge in [-0.3, -0.25) is 9.59 Å². The summed E-state index contributed by atoms with van der Waals surface area (Å²) in [6.45, 7) is 7.36. The van der Waals surface area contributed by atoms with Crippen molar-refractivity contribution >= 4 is 33.8 Å². The Morgan fingerprint density at radius 2 is 1.93 bits per heavy atom. The van der Waals surface area contributed by atoms with Gasteiger partial charge in [-0.2, -0.15) is 0 Å². The first-order valence-electron chi connectivity index (χ1n) is 8.34. The lowest BCUT2D eigenvalue weighted by atomic mass is 9.96. The van der Waals surface area contributed by atoms with E-state index in [1.54, 1.807) is 24.3 Å². The van der Waals surface area contributed by atoms with Crippen molar-refractivity contribution in [3.8, 4) is 11.5 Å². The number of carbonyl (C=O) groups is 2. The van der Waals surface area contributed by atoms with Crippen LogP contribution in [-0.4, -0.2) is 22.0 Å². The van der Waals surface area contributed by atoms with Gasteiger partial charge in [-0.1, -0.05) is 26.8 Å². The minimum Gasteiger partial charge on any atom is -0.423 e. The molecule has 0 radical (unpaired) electrons. The lowest BCUT2D eigenvalue weighted by Gasteiger charge is -2.16. The van der Waals surface area contributed by atoms with E-state index in [2.05, 4.69) is 20.8 Å². The quantitative estimate of drug-likeness (QED) is 0.697. The Morgan fingerprint density at radius 1 is 1.15 bits per heavy atom. The molecule has 8 heteroatoms. The number of hydrogen-bond donors (Lipinski definition) is 2. The van der Waals surface area contributed by atoms with Crippen LogP contribution in [0, 0.1) is 12.3 Å². The lowest BCUT2D eigenvalue weighted by molar-refractivity contribution is -0.123. The van der Waals surface area contributed by atoms with Gasteiger partial charge in [-0.15, -0.1) is 21.5 Å². The zero-order valence-electron chi connectivity index (χ0n) is 15.5. The maximum absolute atomic E-state index is 12.7. The molecular weight excluding hydrogens is 364 g/mol. The van der Waals surface area contributed by atoms with Crippen LogP contribution in [0.25, 0.3) is 11.5 Å². The molecule has 0 bridgehead atoms. The summed E-state index contributed by atoms with van der Waals surface area (Å²) in [6.07, 6.45) is 1.25. The van der Waals surface area contributed by atoms with Crippen LogP contribution in [0.5, 0.6) is 0 Å². The number of amides is 2. The summed E-state index contributed by atoms with van der Waals surface area (Å²) >= 11 is 1.25. The van der Waals surface area contributed by atoms with Gasteiger partial charge in [0.05, 0.1) is 9.88 Å². The number of anilines is 2. The van der Waals surface area contributed by atoms with E-state index >= 15 is 0 Å². The first kappa shape index (κ1) is 18.8. The Bertz CT molecular complexity index is 971. The zero-order chi connectivity index (χ0) is 19.6. The van der Waals surface area contributed by atoms with E-state index in [0.717, 1.165) is 5.56 Å². The van der Waals surface area contributed by atoms with E-state index in [4.69, 9.17) is 4.42 Å². The molecule has 7 nitrogen and oxygen atoms in total. The van der Waals surface area contributed by atoms with Crippen molar-refractivity contribution < 1.29 is 14.0 Å². The highest BCUT2D eigenvalue weighted by atomic mass is 32.1. The standard InChI is InChI=1S/C19H20N4O3S/c1-11-8-14(22-18(25)19(2,3)4)27-15(11)16(24)21-13-7-5-6-12(9-13)17-23-20-10-26-17/h5-10H,1-4H3,(H,21,24)(H,22,25).